The molecule has 34 heavy (non-hydrogen) atoms. The molecule has 2 aromatic rings. The summed E-state index contributed by atoms with van der Waals surface area (Å²) in [6, 6.07) is 0. The van der Waals surface area contributed by atoms with E-state index in [4.69, 9.17) is 41.8 Å². The molecule has 1 unspecified atom stereocenters. The van der Waals surface area contributed by atoms with Crippen LogP contribution in [-0.2, 0) is 41.8 Å². The average Bonchev–Trinajstić information content (AvgIpc) is 3.20. The molecule has 1 saturated heterocycles. The van der Waals surface area contributed by atoms with E-state index < -0.39 is 63.9 Å². The number of esters is 2. The van der Waals surface area contributed by atoms with E-state index in [9.17, 15) is 23.5 Å². The molecule has 1 aliphatic rings. The van der Waals surface area contributed by atoms with E-state index in [2.05, 4.69) is 19.3 Å². The number of anilines is 1. The van der Waals surface area contributed by atoms with E-state index in [1.807, 2.05) is 0 Å². The first-order valence-corrected chi connectivity index (χ1v) is 12.3. The Hall–Kier alpha value is -2.59. The van der Waals surface area contributed by atoms with Crippen LogP contribution in [0.5, 0.6) is 0 Å². The maximum Gasteiger partial charge on any atom is 0.476 e. The lowest BCUT2D eigenvalue weighted by Gasteiger charge is -2.24. The predicted octanol–water partition coefficient (Wildman–Crippen LogP) is -1.13. The number of nitrogens with one attached hydrogen (secondary N) is 1. The fraction of sp³-hybridized carbons (Fsp3) is 0.500. The number of carbonyl (C=O) groups is 2. The van der Waals surface area contributed by atoms with Gasteiger partial charge in [0.15, 0.2) is 29.6 Å². The minimum absolute atomic E-state index is 0.0686. The molecule has 0 aliphatic carbocycles. The van der Waals surface area contributed by atoms with Gasteiger partial charge in [0, 0.05) is 13.8 Å². The second kappa shape index (κ2) is 9.58. The molecule has 1 fully saturated rings. The quantitative estimate of drug-likeness (QED) is 0.182. The number of rotatable bonds is 8. The van der Waals surface area contributed by atoms with Gasteiger partial charge in [0.05, 0.1) is 12.9 Å². The highest BCUT2D eigenvalue weighted by atomic mass is 31.3. The van der Waals surface area contributed by atoms with E-state index in [1.54, 1.807) is 0 Å². The van der Waals surface area contributed by atoms with E-state index in [1.165, 1.54) is 4.57 Å². The van der Waals surface area contributed by atoms with Gasteiger partial charge in [-0.2, -0.15) is 4.98 Å². The first kappa shape index (κ1) is 26.0. The molecule has 5 atom stereocenters. The van der Waals surface area contributed by atoms with Crippen LogP contribution in [0.15, 0.2) is 11.1 Å². The summed E-state index contributed by atoms with van der Waals surface area (Å²) in [6.07, 6.45) is -4.30. The van der Waals surface area contributed by atoms with Gasteiger partial charge in [-0.15, -0.1) is 0 Å². The third kappa shape index (κ3) is 6.10. The zero-order chi connectivity index (χ0) is 25.4. The number of carbonyl (C=O) groups excluding carboxylic acids is 2. The van der Waals surface area contributed by atoms with Gasteiger partial charge in [0.1, 0.15) is 6.10 Å². The van der Waals surface area contributed by atoms with Crippen molar-refractivity contribution in [1.82, 2.24) is 19.5 Å². The fourth-order valence-corrected chi connectivity index (χ4v) is 4.93. The van der Waals surface area contributed by atoms with Crippen molar-refractivity contribution in [3.63, 3.8) is 0 Å². The number of aromatic amines is 1. The molecule has 0 amide bonds. The van der Waals surface area contributed by atoms with Crippen molar-refractivity contribution in [2.75, 3.05) is 12.3 Å². The van der Waals surface area contributed by atoms with Crippen LogP contribution in [0.2, 0.25) is 0 Å². The second-order valence-electron chi connectivity index (χ2n) is 6.90. The summed E-state index contributed by atoms with van der Waals surface area (Å²) in [6.45, 7) is 1.33. The van der Waals surface area contributed by atoms with E-state index in [-0.39, 0.29) is 17.1 Å². The highest BCUT2D eigenvalue weighted by Gasteiger charge is 2.51. The Balaban J connectivity index is 1.99. The van der Waals surface area contributed by atoms with E-state index >= 15 is 0 Å². The highest BCUT2D eigenvalue weighted by Crippen LogP contribution is 2.57. The molecule has 0 spiro atoms. The first-order chi connectivity index (χ1) is 15.7. The van der Waals surface area contributed by atoms with Crippen molar-refractivity contribution in [3.05, 3.63) is 16.7 Å². The van der Waals surface area contributed by atoms with Gasteiger partial charge in [-0.05, 0) is 0 Å². The first-order valence-electron chi connectivity index (χ1n) is 9.19. The van der Waals surface area contributed by atoms with Crippen molar-refractivity contribution < 1.29 is 51.6 Å². The minimum Gasteiger partial charge on any atom is -0.456 e. The lowest BCUT2D eigenvalue weighted by atomic mass is 10.1. The van der Waals surface area contributed by atoms with Gasteiger partial charge in [-0.25, -0.2) is 13.9 Å². The Labute approximate surface area is 191 Å². The lowest BCUT2D eigenvalue weighted by molar-refractivity contribution is -0.165. The zero-order valence-corrected chi connectivity index (χ0v) is 19.3. The lowest BCUT2D eigenvalue weighted by Crippen LogP contribution is -2.40. The number of hydrogen-bond acceptors (Lipinski definition) is 13. The second-order valence-corrected chi connectivity index (χ2v) is 9.87. The van der Waals surface area contributed by atoms with Crippen LogP contribution >= 0.6 is 15.3 Å². The molecule has 184 valence electrons. The normalized spacial score (nSPS) is 24.6. The Morgan fingerprint density at radius 2 is 1.88 bits per heavy atom. The van der Waals surface area contributed by atoms with Crippen LogP contribution in [0.1, 0.15) is 20.1 Å². The predicted molar refractivity (Wildman–Crippen MR) is 110 cm³/mol. The van der Waals surface area contributed by atoms with Crippen LogP contribution in [0.4, 0.5) is 5.95 Å². The number of aromatic nitrogens is 4. The molecule has 2 aromatic heterocycles. The van der Waals surface area contributed by atoms with Crippen LogP contribution in [0, 0.1) is 0 Å². The number of H-pyrrole nitrogens is 1. The topological polar surface area (TPSA) is 244 Å². The average molecular weight is 521 g/mol. The summed E-state index contributed by atoms with van der Waals surface area (Å²) in [7, 11) is -4.90. The largest absolute Gasteiger partial charge is 0.476 e. The van der Waals surface area contributed by atoms with Crippen LogP contribution in [0.25, 0.3) is 11.2 Å². The molecular weight excluding hydrogens is 503 g/mol. The van der Waals surface area contributed by atoms with Crippen molar-refractivity contribution in [2.24, 2.45) is 0 Å². The molecule has 0 bridgehead atoms. The molecular formula is C14H18BN5O12P2. The number of hydrogen-bond donors (Lipinski definition) is 4. The van der Waals surface area contributed by atoms with Crippen LogP contribution in [-0.4, -0.2) is 73.7 Å². The van der Waals surface area contributed by atoms with Crippen molar-refractivity contribution in [2.45, 2.75) is 38.4 Å². The SMILES string of the molecule is [B]P(=O)(OC[C@H]1O[C@@H](n2cnc3c(=O)[nH]c(N)nc32)[C@H](OC(C)=O)[C@@H]1OC(C)=O)OP(=O)(O)O. The number of phosphoric acid groups is 1. The Bertz CT molecular complexity index is 1260. The summed E-state index contributed by atoms with van der Waals surface area (Å²) >= 11 is 0. The van der Waals surface area contributed by atoms with Crippen molar-refractivity contribution in [3.8, 4) is 0 Å². The zero-order valence-electron chi connectivity index (χ0n) is 17.5. The Morgan fingerprint density at radius 3 is 2.47 bits per heavy atom. The minimum atomic E-state index is -5.28. The van der Waals surface area contributed by atoms with Gasteiger partial charge in [0.2, 0.25) is 13.5 Å². The Morgan fingerprint density at radius 1 is 1.26 bits per heavy atom. The van der Waals surface area contributed by atoms with Gasteiger partial charge in [0.25, 0.3) is 13.0 Å². The number of imidazole rings is 1. The standard InChI is InChI=1S/C14H18BN5O12P2/c1-5(21)29-9-7(3-28-33(15,24)32-34(25,26)27)31-13(10(9)30-6(2)22)20-4-17-8-11(20)18-14(16)19-12(8)23/h4,7,9-10,13H,3H2,1-2H3,(H2,25,26,27)(H3,16,18,19,23)/t7-,9-,10-,13-,33?/m1/s1. The van der Waals surface area contributed by atoms with Crippen LogP contribution < -0.4 is 11.3 Å². The molecule has 17 nitrogen and oxygen atoms in total. The number of nitrogens with zero attached hydrogens (tertiary/aromatic N) is 3. The summed E-state index contributed by atoms with van der Waals surface area (Å²) in [5.41, 5.74) is 4.72. The third-order valence-electron chi connectivity index (χ3n) is 4.25. The molecule has 1 aliphatic heterocycles. The smallest absolute Gasteiger partial charge is 0.456 e. The van der Waals surface area contributed by atoms with Gasteiger partial charge in [-0.1, -0.05) is 0 Å². The van der Waals surface area contributed by atoms with E-state index in [0.29, 0.717) is 0 Å². The molecule has 0 saturated carbocycles. The molecule has 20 heteroatoms. The van der Waals surface area contributed by atoms with Gasteiger partial charge >= 0.3 is 19.8 Å². The van der Waals surface area contributed by atoms with Crippen molar-refractivity contribution >= 4 is 51.9 Å². The number of fused-ring (bicyclic) bond motifs is 1. The van der Waals surface area contributed by atoms with Crippen molar-refractivity contribution in [1.29, 1.82) is 0 Å². The van der Waals surface area contributed by atoms with Gasteiger partial charge < -0.3 is 34.3 Å². The van der Waals surface area contributed by atoms with E-state index in [0.717, 1.165) is 20.2 Å². The van der Waals surface area contributed by atoms with Gasteiger partial charge in [-0.3, -0.25) is 28.5 Å². The summed E-state index contributed by atoms with van der Waals surface area (Å²) in [5, 5.41) is 0. The number of nitrogen functional groups attached to an aromatic ring is 1. The summed E-state index contributed by atoms with van der Waals surface area (Å²) in [5.74, 6) is -1.88. The number of ether oxygens (including phenoxy) is 3. The van der Waals surface area contributed by atoms with Crippen LogP contribution in [0.3, 0.4) is 0 Å². The maximum atomic E-state index is 12.1. The Kier molecular flexibility index (Phi) is 7.33. The summed E-state index contributed by atoms with van der Waals surface area (Å²) in [4.78, 5) is 63.4. The molecule has 3 heterocycles. The summed E-state index contributed by atoms with van der Waals surface area (Å²) < 4.78 is 49.1. The third-order valence-corrected chi connectivity index (χ3v) is 6.52. The molecule has 2 radical (unpaired) electrons. The fourth-order valence-electron chi connectivity index (χ4n) is 3.20. The maximum absolute atomic E-state index is 12.1. The molecule has 5 N–H and O–H groups in total. The molecule has 3 rings (SSSR count). The molecule has 0 aromatic carbocycles. The highest BCUT2D eigenvalue weighted by molar-refractivity contribution is 7.83. The monoisotopic (exact) mass is 521 g/mol. The number of nitrogens with two attached hydrogens (primary N) is 1.